The molecule has 1 atom stereocenters. The Kier molecular flexibility index (Phi) is 5.05. The summed E-state index contributed by atoms with van der Waals surface area (Å²) in [5, 5.41) is 14.0. The number of carbonyl (C=O) groups is 1. The van der Waals surface area contributed by atoms with Gasteiger partial charge in [0.25, 0.3) is 5.91 Å². The van der Waals surface area contributed by atoms with Gasteiger partial charge in [0.15, 0.2) is 0 Å². The Morgan fingerprint density at radius 1 is 1.41 bits per heavy atom. The number of carbonyl (C=O) groups excluding carboxylic acids is 1. The van der Waals surface area contributed by atoms with Crippen LogP contribution in [0, 0.1) is 5.41 Å². The van der Waals surface area contributed by atoms with Crippen LogP contribution in [-0.4, -0.2) is 28.6 Å². The fourth-order valence-corrected chi connectivity index (χ4v) is 3.03. The first-order valence-corrected chi connectivity index (χ1v) is 7.88. The standard InChI is InChI=1S/C16H20Cl2N2O2/c1-9(21)7-16(2,3)8-19-15(22)14-13(18)11-6-10(17)4-5-12(11)20-14/h4-6,9,20-21H,7-8H2,1-3H3,(H,19,22). The summed E-state index contributed by atoms with van der Waals surface area (Å²) in [6, 6.07) is 5.26. The third-order valence-corrected chi connectivity index (χ3v) is 4.13. The molecule has 22 heavy (non-hydrogen) atoms. The molecule has 0 saturated carbocycles. The molecule has 0 bridgehead atoms. The van der Waals surface area contributed by atoms with E-state index in [-0.39, 0.29) is 11.3 Å². The minimum absolute atomic E-state index is 0.203. The van der Waals surface area contributed by atoms with E-state index in [9.17, 15) is 9.90 Å². The number of hydrogen-bond donors (Lipinski definition) is 3. The summed E-state index contributed by atoms with van der Waals surface area (Å²) in [4.78, 5) is 15.3. The lowest BCUT2D eigenvalue weighted by molar-refractivity contribution is 0.0898. The van der Waals surface area contributed by atoms with Crippen molar-refractivity contribution in [2.24, 2.45) is 5.41 Å². The fourth-order valence-electron chi connectivity index (χ4n) is 2.57. The second-order valence-electron chi connectivity index (χ2n) is 6.40. The molecule has 0 fully saturated rings. The maximum atomic E-state index is 12.3. The zero-order valence-corrected chi connectivity index (χ0v) is 14.3. The summed E-state index contributed by atoms with van der Waals surface area (Å²) in [5.74, 6) is -0.268. The Morgan fingerprint density at radius 3 is 2.73 bits per heavy atom. The van der Waals surface area contributed by atoms with Gasteiger partial charge in [0.2, 0.25) is 0 Å². The molecule has 1 aromatic heterocycles. The number of hydrogen-bond acceptors (Lipinski definition) is 2. The van der Waals surface area contributed by atoms with Gasteiger partial charge in [-0.3, -0.25) is 4.79 Å². The average molecular weight is 343 g/mol. The highest BCUT2D eigenvalue weighted by Crippen LogP contribution is 2.30. The largest absolute Gasteiger partial charge is 0.393 e. The van der Waals surface area contributed by atoms with Gasteiger partial charge >= 0.3 is 0 Å². The first kappa shape index (κ1) is 17.1. The Bertz CT molecular complexity index is 693. The van der Waals surface area contributed by atoms with Crippen molar-refractivity contribution in [1.29, 1.82) is 0 Å². The van der Waals surface area contributed by atoms with E-state index in [2.05, 4.69) is 10.3 Å². The Labute approximate surface area is 139 Å². The van der Waals surface area contributed by atoms with Gasteiger partial charge in [-0.25, -0.2) is 0 Å². The number of H-pyrrole nitrogens is 1. The summed E-state index contributed by atoms with van der Waals surface area (Å²) in [6.07, 6.45) is 0.189. The Morgan fingerprint density at radius 2 is 2.09 bits per heavy atom. The highest BCUT2D eigenvalue weighted by atomic mass is 35.5. The molecule has 0 radical (unpaired) electrons. The van der Waals surface area contributed by atoms with Gasteiger partial charge < -0.3 is 15.4 Å². The van der Waals surface area contributed by atoms with Crippen LogP contribution in [0.3, 0.4) is 0 Å². The number of aliphatic hydroxyl groups is 1. The highest BCUT2D eigenvalue weighted by Gasteiger charge is 2.23. The maximum absolute atomic E-state index is 12.3. The van der Waals surface area contributed by atoms with Crippen LogP contribution in [0.1, 0.15) is 37.7 Å². The van der Waals surface area contributed by atoms with Crippen molar-refractivity contribution in [2.75, 3.05) is 6.54 Å². The molecule has 4 nitrogen and oxygen atoms in total. The molecule has 3 N–H and O–H groups in total. The number of amides is 1. The van der Waals surface area contributed by atoms with Crippen molar-refractivity contribution in [1.82, 2.24) is 10.3 Å². The molecule has 0 aliphatic heterocycles. The van der Waals surface area contributed by atoms with Gasteiger partial charge in [-0.2, -0.15) is 0 Å². The topological polar surface area (TPSA) is 65.1 Å². The van der Waals surface area contributed by atoms with E-state index < -0.39 is 6.10 Å². The molecular weight excluding hydrogens is 323 g/mol. The second kappa shape index (κ2) is 6.49. The monoisotopic (exact) mass is 342 g/mol. The molecule has 2 rings (SSSR count). The lowest BCUT2D eigenvalue weighted by Crippen LogP contribution is -2.36. The van der Waals surface area contributed by atoms with Crippen LogP contribution in [0.5, 0.6) is 0 Å². The zero-order chi connectivity index (χ0) is 16.5. The lowest BCUT2D eigenvalue weighted by Gasteiger charge is -2.26. The number of fused-ring (bicyclic) bond motifs is 1. The maximum Gasteiger partial charge on any atom is 0.269 e. The van der Waals surface area contributed by atoms with E-state index in [4.69, 9.17) is 23.2 Å². The molecule has 1 amide bonds. The van der Waals surface area contributed by atoms with Crippen molar-refractivity contribution < 1.29 is 9.90 Å². The number of halogens is 2. The highest BCUT2D eigenvalue weighted by molar-refractivity contribution is 6.39. The van der Waals surface area contributed by atoms with Crippen LogP contribution >= 0.6 is 23.2 Å². The van der Waals surface area contributed by atoms with Gasteiger partial charge in [0.05, 0.1) is 11.1 Å². The number of aromatic amines is 1. The van der Waals surface area contributed by atoms with Gasteiger partial charge in [-0.05, 0) is 37.0 Å². The SMILES string of the molecule is CC(O)CC(C)(C)CNC(=O)c1[nH]c2ccc(Cl)cc2c1Cl. The summed E-state index contributed by atoms with van der Waals surface area (Å²) >= 11 is 12.2. The van der Waals surface area contributed by atoms with Crippen molar-refractivity contribution in [2.45, 2.75) is 33.3 Å². The summed E-state index contributed by atoms with van der Waals surface area (Å²) in [7, 11) is 0. The van der Waals surface area contributed by atoms with Gasteiger partial charge in [-0.1, -0.05) is 37.0 Å². The molecular formula is C16H20Cl2N2O2. The van der Waals surface area contributed by atoms with Crippen LogP contribution in [-0.2, 0) is 0 Å². The van der Waals surface area contributed by atoms with Gasteiger partial charge in [0.1, 0.15) is 5.69 Å². The van der Waals surface area contributed by atoms with Crippen LogP contribution in [0.4, 0.5) is 0 Å². The van der Waals surface area contributed by atoms with Crippen LogP contribution in [0.25, 0.3) is 10.9 Å². The van der Waals surface area contributed by atoms with Crippen LogP contribution < -0.4 is 5.32 Å². The molecule has 1 aromatic carbocycles. The quantitative estimate of drug-likeness (QED) is 0.768. The molecule has 6 heteroatoms. The van der Waals surface area contributed by atoms with E-state index in [1.165, 1.54) is 0 Å². The number of benzene rings is 1. The number of aromatic nitrogens is 1. The first-order valence-electron chi connectivity index (χ1n) is 7.12. The van der Waals surface area contributed by atoms with Crippen molar-refractivity contribution >= 4 is 40.0 Å². The van der Waals surface area contributed by atoms with E-state index in [1.807, 2.05) is 13.8 Å². The zero-order valence-electron chi connectivity index (χ0n) is 12.8. The van der Waals surface area contributed by atoms with E-state index in [1.54, 1.807) is 25.1 Å². The average Bonchev–Trinajstić information content (AvgIpc) is 2.72. The summed E-state index contributed by atoms with van der Waals surface area (Å²) < 4.78 is 0. The lowest BCUT2D eigenvalue weighted by atomic mass is 9.87. The van der Waals surface area contributed by atoms with Crippen molar-refractivity contribution in [3.05, 3.63) is 33.9 Å². The van der Waals surface area contributed by atoms with E-state index in [0.717, 1.165) is 10.9 Å². The number of aliphatic hydroxyl groups excluding tert-OH is 1. The van der Waals surface area contributed by atoms with E-state index in [0.29, 0.717) is 28.7 Å². The normalized spacial score (nSPS) is 13.4. The first-order chi connectivity index (χ1) is 10.2. The third kappa shape index (κ3) is 3.94. The minimum Gasteiger partial charge on any atom is -0.393 e. The van der Waals surface area contributed by atoms with Gasteiger partial charge in [-0.15, -0.1) is 0 Å². The molecule has 0 aliphatic rings. The van der Waals surface area contributed by atoms with Gasteiger partial charge in [0, 0.05) is 22.5 Å². The fraction of sp³-hybridized carbons (Fsp3) is 0.438. The molecule has 1 heterocycles. The van der Waals surface area contributed by atoms with Crippen LogP contribution in [0.2, 0.25) is 10.0 Å². The van der Waals surface area contributed by atoms with E-state index >= 15 is 0 Å². The predicted molar refractivity (Wildman–Crippen MR) is 90.7 cm³/mol. The third-order valence-electron chi connectivity index (χ3n) is 3.50. The Hall–Kier alpha value is -1.23. The number of rotatable bonds is 5. The molecule has 1 unspecified atom stereocenters. The smallest absolute Gasteiger partial charge is 0.269 e. The summed E-state index contributed by atoms with van der Waals surface area (Å²) in [6.45, 7) is 6.17. The molecule has 2 aromatic rings. The second-order valence-corrected chi connectivity index (χ2v) is 7.22. The molecule has 120 valence electrons. The van der Waals surface area contributed by atoms with Crippen molar-refractivity contribution in [3.63, 3.8) is 0 Å². The summed E-state index contributed by atoms with van der Waals surface area (Å²) in [5.41, 5.74) is 0.889. The van der Waals surface area contributed by atoms with Crippen LogP contribution in [0.15, 0.2) is 18.2 Å². The molecule has 0 aliphatic carbocycles. The van der Waals surface area contributed by atoms with Crippen molar-refractivity contribution in [3.8, 4) is 0 Å². The molecule has 0 spiro atoms. The minimum atomic E-state index is -0.411. The Balaban J connectivity index is 2.15. The predicted octanol–water partition coefficient (Wildman–Crippen LogP) is 4.00. The number of nitrogens with one attached hydrogen (secondary N) is 2. The molecule has 0 saturated heterocycles.